The van der Waals surface area contributed by atoms with Crippen molar-refractivity contribution in [3.8, 4) is 0 Å². The Morgan fingerprint density at radius 2 is 1.81 bits per heavy atom. The first kappa shape index (κ1) is 19.1. The van der Waals surface area contributed by atoms with E-state index in [2.05, 4.69) is 5.32 Å². The Morgan fingerprint density at radius 3 is 2.48 bits per heavy atom. The van der Waals surface area contributed by atoms with Gasteiger partial charge in [0.05, 0.1) is 10.4 Å². The van der Waals surface area contributed by atoms with Crippen molar-refractivity contribution in [2.24, 2.45) is 0 Å². The van der Waals surface area contributed by atoms with Gasteiger partial charge in [0, 0.05) is 11.3 Å². The number of hydrogen-bond acceptors (Lipinski definition) is 2. The number of nitrogens with one attached hydrogen (secondary N) is 1. The lowest BCUT2D eigenvalue weighted by molar-refractivity contribution is -0.675. The molecule has 0 radical (unpaired) electrons. The lowest BCUT2D eigenvalue weighted by atomic mass is 10.1. The van der Waals surface area contributed by atoms with Crippen LogP contribution in [0.4, 0.5) is 18.9 Å². The Morgan fingerprint density at radius 1 is 1.04 bits per heavy atom. The van der Waals surface area contributed by atoms with Gasteiger partial charge in [0.25, 0.3) is 5.91 Å². The van der Waals surface area contributed by atoms with Gasteiger partial charge >= 0.3 is 6.18 Å². The summed E-state index contributed by atoms with van der Waals surface area (Å²) in [6.45, 7) is 0.0910. The van der Waals surface area contributed by atoms with E-state index in [0.717, 1.165) is 22.6 Å². The number of anilines is 1. The van der Waals surface area contributed by atoms with Gasteiger partial charge in [-0.3, -0.25) is 4.79 Å². The number of alkyl halides is 3. The summed E-state index contributed by atoms with van der Waals surface area (Å²) in [6.07, 6.45) is -4.44. The molecule has 3 rings (SSSR count). The molecule has 0 saturated heterocycles. The van der Waals surface area contributed by atoms with Crippen LogP contribution in [-0.4, -0.2) is 12.5 Å². The molecule has 0 aliphatic heterocycles. The fraction of sp³-hybridized carbons (Fsp3) is 0.150. The third-order valence-corrected chi connectivity index (χ3v) is 4.98. The van der Waals surface area contributed by atoms with Gasteiger partial charge in [-0.2, -0.15) is 13.2 Å². The van der Waals surface area contributed by atoms with Gasteiger partial charge in [0.1, 0.15) is 6.04 Å². The number of rotatable bonds is 6. The van der Waals surface area contributed by atoms with Crippen LogP contribution in [0.15, 0.2) is 72.1 Å². The second-order valence-electron chi connectivity index (χ2n) is 5.97. The van der Waals surface area contributed by atoms with E-state index in [1.807, 2.05) is 53.2 Å². The zero-order chi connectivity index (χ0) is 19.3. The zero-order valence-electron chi connectivity index (χ0n) is 14.2. The SMILES string of the molecule is O=C(C[NH2+][C@H](c1ccccc1)c1cccs1)Nc1cccc(C(F)(F)F)c1. The molecule has 1 aromatic heterocycles. The fourth-order valence-electron chi connectivity index (χ4n) is 2.76. The highest BCUT2D eigenvalue weighted by Crippen LogP contribution is 2.30. The lowest BCUT2D eigenvalue weighted by Crippen LogP contribution is -2.87. The molecule has 0 spiro atoms. The minimum Gasteiger partial charge on any atom is -0.328 e. The molecule has 3 aromatic rings. The van der Waals surface area contributed by atoms with E-state index in [-0.39, 0.29) is 24.2 Å². The van der Waals surface area contributed by atoms with Crippen molar-refractivity contribution < 1.29 is 23.3 Å². The first-order chi connectivity index (χ1) is 12.9. The molecule has 1 heterocycles. The first-order valence-corrected chi connectivity index (χ1v) is 9.20. The van der Waals surface area contributed by atoms with Crippen molar-refractivity contribution in [2.75, 3.05) is 11.9 Å². The number of hydrogen-bond donors (Lipinski definition) is 2. The lowest BCUT2D eigenvalue weighted by Gasteiger charge is -2.15. The summed E-state index contributed by atoms with van der Waals surface area (Å²) in [5.74, 6) is -0.355. The van der Waals surface area contributed by atoms with Crippen LogP contribution < -0.4 is 10.6 Å². The second kappa shape index (κ2) is 8.37. The summed E-state index contributed by atoms with van der Waals surface area (Å²) in [4.78, 5) is 13.4. The quantitative estimate of drug-likeness (QED) is 0.654. The second-order valence-corrected chi connectivity index (χ2v) is 6.95. The Labute approximate surface area is 158 Å². The molecular weight excluding hydrogens is 373 g/mol. The minimum atomic E-state index is -4.44. The maximum absolute atomic E-state index is 12.8. The van der Waals surface area contributed by atoms with Gasteiger partial charge in [-0.05, 0) is 29.6 Å². The highest BCUT2D eigenvalue weighted by Gasteiger charge is 2.30. The number of carbonyl (C=O) groups is 1. The summed E-state index contributed by atoms with van der Waals surface area (Å²) in [5, 5.41) is 6.39. The van der Waals surface area contributed by atoms with Crippen LogP contribution in [0.3, 0.4) is 0 Å². The zero-order valence-corrected chi connectivity index (χ0v) is 15.1. The molecule has 1 atom stereocenters. The Kier molecular flexibility index (Phi) is 5.93. The predicted molar refractivity (Wildman–Crippen MR) is 99.5 cm³/mol. The maximum atomic E-state index is 12.8. The fourth-order valence-corrected chi connectivity index (χ4v) is 3.61. The Bertz CT molecular complexity index is 880. The molecule has 0 aliphatic rings. The summed E-state index contributed by atoms with van der Waals surface area (Å²) in [6, 6.07) is 18.3. The topological polar surface area (TPSA) is 45.7 Å². The van der Waals surface area contributed by atoms with Gasteiger partial charge in [0.2, 0.25) is 0 Å². The van der Waals surface area contributed by atoms with Crippen LogP contribution in [0.2, 0.25) is 0 Å². The predicted octanol–water partition coefficient (Wildman–Crippen LogP) is 4.06. The van der Waals surface area contributed by atoms with E-state index in [0.29, 0.717) is 0 Å². The van der Waals surface area contributed by atoms with Gasteiger partial charge < -0.3 is 10.6 Å². The van der Waals surface area contributed by atoms with E-state index >= 15 is 0 Å². The van der Waals surface area contributed by atoms with Crippen molar-refractivity contribution in [3.63, 3.8) is 0 Å². The number of benzene rings is 2. The van der Waals surface area contributed by atoms with E-state index in [4.69, 9.17) is 0 Å². The number of thiophene rings is 1. The van der Waals surface area contributed by atoms with Crippen LogP contribution in [0.1, 0.15) is 22.0 Å². The summed E-state index contributed by atoms with van der Waals surface area (Å²) in [5.41, 5.74) is 0.410. The average Bonchev–Trinajstić information content (AvgIpc) is 3.17. The van der Waals surface area contributed by atoms with Crippen LogP contribution in [0.5, 0.6) is 0 Å². The molecular formula is C20H18F3N2OS+. The Hall–Kier alpha value is -2.64. The number of halogens is 3. The number of nitrogens with two attached hydrogens (primary N) is 1. The van der Waals surface area contributed by atoms with E-state index in [1.165, 1.54) is 12.1 Å². The molecule has 140 valence electrons. The third kappa shape index (κ3) is 5.18. The highest BCUT2D eigenvalue weighted by atomic mass is 32.1. The number of quaternary nitrogens is 1. The molecule has 0 saturated carbocycles. The van der Waals surface area contributed by atoms with Gasteiger partial charge in [-0.1, -0.05) is 42.5 Å². The van der Waals surface area contributed by atoms with Gasteiger partial charge in [-0.25, -0.2) is 0 Å². The maximum Gasteiger partial charge on any atom is 0.416 e. The van der Waals surface area contributed by atoms with E-state index in [1.54, 1.807) is 11.3 Å². The molecule has 2 aromatic carbocycles. The van der Waals surface area contributed by atoms with Gasteiger partial charge in [-0.15, -0.1) is 11.3 Å². The standard InChI is InChI=1S/C20H17F3N2OS/c21-20(22,23)15-8-4-9-16(12-15)25-18(26)13-24-19(17-10-5-11-27-17)14-6-2-1-3-7-14/h1-12,19,24H,13H2,(H,25,26)/p+1/t19-/m1/s1. The molecule has 0 bridgehead atoms. The highest BCUT2D eigenvalue weighted by molar-refractivity contribution is 7.10. The third-order valence-electron chi connectivity index (χ3n) is 4.02. The molecule has 7 heteroatoms. The number of carbonyl (C=O) groups excluding carboxylic acids is 1. The van der Waals surface area contributed by atoms with E-state index < -0.39 is 11.7 Å². The summed E-state index contributed by atoms with van der Waals surface area (Å²) >= 11 is 1.60. The van der Waals surface area contributed by atoms with Crippen LogP contribution in [0.25, 0.3) is 0 Å². The normalized spacial score (nSPS) is 12.6. The van der Waals surface area contributed by atoms with Gasteiger partial charge in [0.15, 0.2) is 6.54 Å². The number of amides is 1. The average molecular weight is 391 g/mol. The van der Waals surface area contributed by atoms with Crippen molar-refractivity contribution in [1.29, 1.82) is 0 Å². The van der Waals surface area contributed by atoms with Crippen LogP contribution in [0, 0.1) is 0 Å². The van der Waals surface area contributed by atoms with Crippen molar-refractivity contribution >= 4 is 22.9 Å². The molecule has 0 aliphatic carbocycles. The first-order valence-electron chi connectivity index (χ1n) is 8.32. The minimum absolute atomic E-state index is 0.0431. The van der Waals surface area contributed by atoms with Crippen molar-refractivity contribution in [3.05, 3.63) is 88.1 Å². The van der Waals surface area contributed by atoms with Crippen LogP contribution >= 0.6 is 11.3 Å². The van der Waals surface area contributed by atoms with Crippen molar-refractivity contribution in [1.82, 2.24) is 0 Å². The Balaban J connectivity index is 1.67. The molecule has 3 N–H and O–H groups in total. The monoisotopic (exact) mass is 391 g/mol. The van der Waals surface area contributed by atoms with Crippen LogP contribution in [-0.2, 0) is 11.0 Å². The van der Waals surface area contributed by atoms with E-state index in [9.17, 15) is 18.0 Å². The molecule has 0 fully saturated rings. The van der Waals surface area contributed by atoms with Crippen molar-refractivity contribution in [2.45, 2.75) is 12.2 Å². The summed E-state index contributed by atoms with van der Waals surface area (Å²) < 4.78 is 38.4. The molecule has 0 unspecified atom stereocenters. The smallest absolute Gasteiger partial charge is 0.328 e. The summed E-state index contributed by atoms with van der Waals surface area (Å²) in [7, 11) is 0. The molecule has 1 amide bonds. The molecule has 3 nitrogen and oxygen atoms in total. The molecule has 27 heavy (non-hydrogen) atoms. The largest absolute Gasteiger partial charge is 0.416 e.